The fourth-order valence-electron chi connectivity index (χ4n) is 10.3. The van der Waals surface area contributed by atoms with E-state index in [1.54, 1.807) is 58.0 Å². The summed E-state index contributed by atoms with van der Waals surface area (Å²) in [5.41, 5.74) is 23.8. The van der Waals surface area contributed by atoms with Crippen LogP contribution in [-0.2, 0) is 65.6 Å². The van der Waals surface area contributed by atoms with Crippen molar-refractivity contribution in [3.63, 3.8) is 0 Å². The van der Waals surface area contributed by atoms with Crippen LogP contribution >= 0.6 is 0 Å². The normalized spacial score (nSPS) is 17.6. The molecule has 2 aliphatic rings. The molecule has 10 atom stereocenters. The summed E-state index contributed by atoms with van der Waals surface area (Å²) in [4.78, 5) is 157. The number of nitrogens with two attached hydrogens (primary N) is 4. The lowest BCUT2D eigenvalue weighted by Crippen LogP contribution is -2.60. The van der Waals surface area contributed by atoms with Crippen LogP contribution in [0.15, 0.2) is 59.6 Å². The van der Waals surface area contributed by atoms with E-state index >= 15 is 0 Å². The van der Waals surface area contributed by atoms with Crippen molar-refractivity contribution in [3.05, 3.63) is 65.7 Å². The van der Waals surface area contributed by atoms with Gasteiger partial charge in [-0.05, 0) is 106 Å². The van der Waals surface area contributed by atoms with Gasteiger partial charge in [0.1, 0.15) is 60.1 Å². The van der Waals surface area contributed by atoms with Gasteiger partial charge in [-0.1, -0.05) is 84.0 Å². The summed E-state index contributed by atoms with van der Waals surface area (Å²) in [6.07, 6.45) is 0.970. The average Bonchev–Trinajstić information content (AvgIpc) is 2.24. The van der Waals surface area contributed by atoms with Crippen LogP contribution in [0.5, 0.6) is 5.75 Å². The van der Waals surface area contributed by atoms with E-state index in [4.69, 9.17) is 22.9 Å². The van der Waals surface area contributed by atoms with E-state index in [1.165, 1.54) is 41.0 Å². The van der Waals surface area contributed by atoms with Gasteiger partial charge in [0.2, 0.25) is 59.1 Å². The Morgan fingerprint density at radius 1 is 0.581 bits per heavy atom. The molecule has 2 aromatic carbocycles. The SMILES string of the molecule is CC(C)C[C@H](NC(=O)[C@H](C)NC(=O)[C@H](CCC(=O)O)NC(=O)[C@@H]1CCCN1C(=O)[C@H]1CCCN1C(=O)[C@H](Cc1ccccc1)NC(=O)[C@@H](N)CCCN=C(N)N)C(=O)N[C@@H](Cc1ccc(O)cc1)C(=O)N[C@@H](CC(C)C)C(=O)N[C@H](C(N)=O)C(C)C. The zero-order valence-electron chi connectivity index (χ0n) is 50.3. The van der Waals surface area contributed by atoms with E-state index in [-0.39, 0.29) is 94.0 Å². The Bertz CT molecular complexity index is 2710. The molecular weight excluding hydrogens is 1110 g/mol. The lowest BCUT2D eigenvalue weighted by molar-refractivity contribution is -0.148. The zero-order valence-corrected chi connectivity index (χ0v) is 50.3. The number of likely N-dealkylation sites (tertiary alicyclic amines) is 2. The number of guanidine groups is 1. The topological polar surface area (TPSA) is 435 Å². The second-order valence-corrected chi connectivity index (χ2v) is 23.4. The van der Waals surface area contributed by atoms with E-state index in [0.717, 1.165) is 5.56 Å². The molecule has 0 spiro atoms. The minimum atomic E-state index is -1.53. The first-order chi connectivity index (χ1) is 40.6. The Labute approximate surface area is 502 Å². The van der Waals surface area contributed by atoms with Gasteiger partial charge in [-0.3, -0.25) is 57.7 Å². The summed E-state index contributed by atoms with van der Waals surface area (Å²) in [5.74, 6) is -9.42. The van der Waals surface area contributed by atoms with Gasteiger partial charge in [0.15, 0.2) is 5.96 Å². The Morgan fingerprint density at radius 3 is 1.66 bits per heavy atom. The molecule has 474 valence electrons. The molecule has 0 saturated carbocycles. The van der Waals surface area contributed by atoms with Gasteiger partial charge in [-0.25, -0.2) is 0 Å². The third-order valence-corrected chi connectivity index (χ3v) is 14.9. The van der Waals surface area contributed by atoms with Gasteiger partial charge in [0.05, 0.1) is 6.04 Å². The molecule has 2 fully saturated rings. The van der Waals surface area contributed by atoms with Gasteiger partial charge in [-0.15, -0.1) is 0 Å². The Balaban J connectivity index is 1.49. The van der Waals surface area contributed by atoms with Gasteiger partial charge in [0, 0.05) is 38.9 Å². The van der Waals surface area contributed by atoms with Crippen LogP contribution in [0.1, 0.15) is 124 Å². The predicted octanol–water partition coefficient (Wildman–Crippen LogP) is -0.948. The van der Waals surface area contributed by atoms with E-state index in [0.29, 0.717) is 24.8 Å². The standard InChI is InChI=1S/C59H90N14O13/c1-32(2)28-41(53(81)69-43(30-37-19-21-38(74)22-20-37)54(82)68-42(29-33(3)4)55(83)71-48(34(5)6)49(61)77)67-50(78)35(7)65-52(80)40(23-24-47(75)76)66-56(84)45-17-12-26-72(45)58(86)46-18-13-27-73(46)57(85)44(31-36-14-9-8-10-15-36)70-51(79)39(60)16-11-25-64-59(62)63/h8-10,14-15,19-22,32-35,39-46,48,74H,11-13,16-18,23-31,60H2,1-7H3,(H2,61,77)(H,65,80)(H,66,84)(H,67,78)(H,68,82)(H,69,81)(H,70,79)(H,71,83)(H,75,76)(H4,62,63,64)/t35-,39-,40-,41-,42-,43-,44-,45-,46+,48-/m0/s1. The second kappa shape index (κ2) is 34.0. The highest BCUT2D eigenvalue weighted by molar-refractivity contribution is 5.99. The number of carboxylic acid groups (broad SMARTS) is 1. The van der Waals surface area contributed by atoms with Crippen LogP contribution in [0, 0.1) is 17.8 Å². The van der Waals surface area contributed by atoms with Gasteiger partial charge in [-0.2, -0.15) is 0 Å². The molecule has 0 radical (unpaired) electrons. The molecule has 4 rings (SSSR count). The summed E-state index contributed by atoms with van der Waals surface area (Å²) in [5, 5.41) is 38.2. The fraction of sp³-hybridized carbons (Fsp3) is 0.593. The maximum absolute atomic E-state index is 14.5. The highest BCUT2D eigenvalue weighted by Gasteiger charge is 2.45. The minimum Gasteiger partial charge on any atom is -0.508 e. The van der Waals surface area contributed by atoms with Crippen LogP contribution in [0.4, 0.5) is 0 Å². The highest BCUT2D eigenvalue weighted by atomic mass is 16.4. The molecule has 2 heterocycles. The summed E-state index contributed by atoms with van der Waals surface area (Å²) >= 11 is 0. The average molecular weight is 1200 g/mol. The fourth-order valence-corrected chi connectivity index (χ4v) is 10.3. The van der Waals surface area contributed by atoms with Crippen molar-refractivity contribution in [1.29, 1.82) is 0 Å². The molecular formula is C59H90N14O13. The molecule has 2 aromatic rings. The van der Waals surface area contributed by atoms with Crippen molar-refractivity contribution in [2.75, 3.05) is 19.6 Å². The molecule has 0 bridgehead atoms. The number of hydrogen-bond donors (Lipinski definition) is 13. The summed E-state index contributed by atoms with van der Waals surface area (Å²) in [6.45, 7) is 12.5. The molecule has 0 aliphatic carbocycles. The summed E-state index contributed by atoms with van der Waals surface area (Å²) < 4.78 is 0. The number of aliphatic imine (C=N–C) groups is 1. The number of aliphatic carboxylic acids is 1. The number of primary amides is 1. The molecule has 10 amide bonds. The number of nitrogens with one attached hydrogen (secondary N) is 7. The molecule has 2 aliphatic heterocycles. The summed E-state index contributed by atoms with van der Waals surface area (Å²) in [7, 11) is 0. The van der Waals surface area contributed by atoms with E-state index in [2.05, 4.69) is 42.2 Å². The van der Waals surface area contributed by atoms with Crippen molar-refractivity contribution >= 4 is 71.0 Å². The van der Waals surface area contributed by atoms with Crippen molar-refractivity contribution in [2.24, 2.45) is 45.7 Å². The van der Waals surface area contributed by atoms with E-state index in [1.807, 2.05) is 13.8 Å². The molecule has 0 aromatic heterocycles. The number of nitrogens with zero attached hydrogens (tertiary/aromatic N) is 3. The number of amides is 10. The van der Waals surface area contributed by atoms with Crippen molar-refractivity contribution in [2.45, 2.75) is 186 Å². The quantitative estimate of drug-likeness (QED) is 0.0233. The van der Waals surface area contributed by atoms with Gasteiger partial charge >= 0.3 is 5.97 Å². The number of benzene rings is 2. The number of phenols is 1. The van der Waals surface area contributed by atoms with Crippen molar-refractivity contribution in [1.82, 2.24) is 47.0 Å². The van der Waals surface area contributed by atoms with Gasteiger partial charge in [0.25, 0.3) is 0 Å². The van der Waals surface area contributed by atoms with Crippen LogP contribution in [-0.4, -0.2) is 171 Å². The molecule has 27 heteroatoms. The first-order valence-electron chi connectivity index (χ1n) is 29.4. The number of hydrogen-bond acceptors (Lipinski definition) is 14. The maximum atomic E-state index is 14.5. The number of phenolic OH excluding ortho intramolecular Hbond substituents is 1. The van der Waals surface area contributed by atoms with Crippen LogP contribution in [0.2, 0.25) is 0 Å². The predicted molar refractivity (Wildman–Crippen MR) is 318 cm³/mol. The zero-order chi connectivity index (χ0) is 63.9. The third-order valence-electron chi connectivity index (χ3n) is 14.9. The molecule has 2 saturated heterocycles. The maximum Gasteiger partial charge on any atom is 0.303 e. The first-order valence-corrected chi connectivity index (χ1v) is 29.4. The number of carboxylic acids is 1. The van der Waals surface area contributed by atoms with Gasteiger partial charge < -0.3 is 80.2 Å². The van der Waals surface area contributed by atoms with Crippen LogP contribution in [0.3, 0.4) is 0 Å². The smallest absolute Gasteiger partial charge is 0.303 e. The van der Waals surface area contributed by atoms with Crippen molar-refractivity contribution in [3.8, 4) is 5.75 Å². The molecule has 86 heavy (non-hydrogen) atoms. The number of rotatable bonds is 33. The second-order valence-electron chi connectivity index (χ2n) is 23.4. The Kier molecular flexibility index (Phi) is 27.7. The molecule has 0 unspecified atom stereocenters. The van der Waals surface area contributed by atoms with E-state index < -0.39 is 138 Å². The Hall–Kier alpha value is -8.36. The number of carbonyl (C=O) groups excluding carboxylic acids is 10. The lowest BCUT2D eigenvalue weighted by Gasteiger charge is -2.33. The first kappa shape index (κ1) is 70.1. The summed E-state index contributed by atoms with van der Waals surface area (Å²) in [6, 6.07) is 2.77. The largest absolute Gasteiger partial charge is 0.508 e. The monoisotopic (exact) mass is 1200 g/mol. The van der Waals surface area contributed by atoms with Crippen molar-refractivity contribution < 1.29 is 63.0 Å². The third kappa shape index (κ3) is 22.2. The van der Waals surface area contributed by atoms with E-state index in [9.17, 15) is 63.0 Å². The minimum absolute atomic E-state index is 0.0394. The molecule has 27 nitrogen and oxygen atoms in total. The highest BCUT2D eigenvalue weighted by Crippen LogP contribution is 2.27. The van der Waals surface area contributed by atoms with Crippen LogP contribution in [0.25, 0.3) is 0 Å². The van der Waals surface area contributed by atoms with Crippen LogP contribution < -0.4 is 60.2 Å². The Morgan fingerprint density at radius 2 is 1.09 bits per heavy atom. The number of carbonyl (C=O) groups is 11. The number of aromatic hydroxyl groups is 1. The lowest BCUT2D eigenvalue weighted by atomic mass is 9.98. The molecule has 17 N–H and O–H groups in total.